The first-order valence-corrected chi connectivity index (χ1v) is 25.8. The summed E-state index contributed by atoms with van der Waals surface area (Å²) in [5.74, 6) is 1.69. The van der Waals surface area contributed by atoms with E-state index in [4.69, 9.17) is 12.3 Å². The third kappa shape index (κ3) is 15.2. The van der Waals surface area contributed by atoms with Crippen LogP contribution in [0.4, 0.5) is 0 Å². The van der Waals surface area contributed by atoms with Crippen LogP contribution >= 0.6 is 7.14 Å². The standard InChI is InChI=1S/C21H52NO4PSi4/c1-13-27(23,14-2)19-16-15-17-20-30(11,24-28(5,6)7)26-31(12,21-18-22(3)4)25-29(8,9)10/h13H,1,14-21H2,2-12H3. The molecule has 3 unspecified atom stereocenters. The molecule has 0 heterocycles. The predicted octanol–water partition coefficient (Wildman–Crippen LogP) is 7.11. The van der Waals surface area contributed by atoms with Crippen LogP contribution in [-0.2, 0) is 16.9 Å². The van der Waals surface area contributed by atoms with Gasteiger partial charge in [0, 0.05) is 18.4 Å². The van der Waals surface area contributed by atoms with E-state index in [2.05, 4.69) is 78.0 Å². The summed E-state index contributed by atoms with van der Waals surface area (Å²) in [6, 6.07) is 1.93. The molecule has 0 bridgehead atoms. The van der Waals surface area contributed by atoms with Gasteiger partial charge in [-0.3, -0.25) is 0 Å². The summed E-state index contributed by atoms with van der Waals surface area (Å²) in [5.41, 5.74) is 0. The van der Waals surface area contributed by atoms with Gasteiger partial charge in [0.2, 0.25) is 0 Å². The van der Waals surface area contributed by atoms with Crippen LogP contribution in [0.2, 0.25) is 64.5 Å². The minimum atomic E-state index is -2.39. The van der Waals surface area contributed by atoms with Gasteiger partial charge in [0.1, 0.15) is 7.14 Å². The molecule has 0 fully saturated rings. The molecular weight excluding hydrogens is 474 g/mol. The predicted molar refractivity (Wildman–Crippen MR) is 148 cm³/mol. The maximum atomic E-state index is 12.6. The molecule has 31 heavy (non-hydrogen) atoms. The van der Waals surface area contributed by atoms with E-state index in [-0.39, 0.29) is 0 Å². The summed E-state index contributed by atoms with van der Waals surface area (Å²) in [6.45, 7) is 24.8. The highest BCUT2D eigenvalue weighted by molar-refractivity contribution is 7.66. The van der Waals surface area contributed by atoms with E-state index in [1.165, 1.54) is 0 Å². The number of rotatable bonds is 17. The lowest BCUT2D eigenvalue weighted by molar-refractivity contribution is 0.306. The van der Waals surface area contributed by atoms with Crippen LogP contribution in [0.1, 0.15) is 26.2 Å². The molecule has 0 aliphatic heterocycles. The van der Waals surface area contributed by atoms with Crippen molar-refractivity contribution in [3.8, 4) is 0 Å². The van der Waals surface area contributed by atoms with E-state index >= 15 is 0 Å². The molecule has 0 aromatic heterocycles. The lowest BCUT2D eigenvalue weighted by Crippen LogP contribution is -2.58. The summed E-state index contributed by atoms with van der Waals surface area (Å²) in [6.07, 6.45) is 4.59. The third-order valence-corrected chi connectivity index (χ3v) is 22.0. The zero-order chi connectivity index (χ0) is 24.6. The zero-order valence-electron chi connectivity index (χ0n) is 22.5. The number of nitrogens with zero attached hydrogens (tertiary/aromatic N) is 1. The molecule has 0 aromatic rings. The monoisotopic (exact) mass is 525 g/mol. The van der Waals surface area contributed by atoms with E-state index in [0.717, 1.165) is 44.1 Å². The van der Waals surface area contributed by atoms with Crippen LogP contribution in [0.15, 0.2) is 12.4 Å². The van der Waals surface area contributed by atoms with Crippen molar-refractivity contribution in [2.24, 2.45) is 0 Å². The van der Waals surface area contributed by atoms with Gasteiger partial charge in [0.25, 0.3) is 0 Å². The summed E-state index contributed by atoms with van der Waals surface area (Å²) in [4.78, 5) is 2.21. The van der Waals surface area contributed by atoms with Gasteiger partial charge in [-0.05, 0) is 91.3 Å². The molecule has 0 aliphatic rings. The van der Waals surface area contributed by atoms with Gasteiger partial charge in [-0.25, -0.2) is 0 Å². The fourth-order valence-corrected chi connectivity index (χ4v) is 23.8. The Labute approximate surface area is 198 Å². The van der Waals surface area contributed by atoms with Gasteiger partial charge in [-0.2, -0.15) is 0 Å². The Bertz CT molecular complexity index is 595. The SMILES string of the molecule is C=CP(=O)(CC)CCCCC[Si](C)(O[Si](C)(C)C)O[Si](C)(CCN(C)C)O[Si](C)(C)C. The van der Waals surface area contributed by atoms with Gasteiger partial charge in [-0.1, -0.05) is 26.3 Å². The van der Waals surface area contributed by atoms with E-state index < -0.39 is 40.9 Å². The van der Waals surface area contributed by atoms with E-state index in [1.54, 1.807) is 5.82 Å². The third-order valence-electron chi connectivity index (χ3n) is 5.02. The van der Waals surface area contributed by atoms with Crippen LogP contribution in [0.3, 0.4) is 0 Å². The highest BCUT2D eigenvalue weighted by Crippen LogP contribution is 2.47. The van der Waals surface area contributed by atoms with Crippen LogP contribution < -0.4 is 0 Å². The smallest absolute Gasteiger partial charge is 0.317 e. The largest absolute Gasteiger partial charge is 0.437 e. The van der Waals surface area contributed by atoms with Gasteiger partial charge in [0.05, 0.1) is 0 Å². The molecule has 0 amide bonds. The van der Waals surface area contributed by atoms with Crippen molar-refractivity contribution in [3.05, 3.63) is 12.4 Å². The average Bonchev–Trinajstić information content (AvgIpc) is 2.56. The van der Waals surface area contributed by atoms with Gasteiger partial charge < -0.3 is 21.8 Å². The molecule has 5 nitrogen and oxygen atoms in total. The molecule has 0 spiro atoms. The van der Waals surface area contributed by atoms with Crippen LogP contribution in [-0.4, -0.2) is 71.6 Å². The van der Waals surface area contributed by atoms with Gasteiger partial charge in [0.15, 0.2) is 16.6 Å². The average molecular weight is 526 g/mol. The Balaban J connectivity index is 5.32. The Kier molecular flexibility index (Phi) is 13.2. The molecule has 0 radical (unpaired) electrons. The number of hydrogen-bond donors (Lipinski definition) is 0. The topological polar surface area (TPSA) is 48.0 Å². The molecule has 0 aliphatic carbocycles. The van der Waals surface area contributed by atoms with Crippen molar-refractivity contribution < 1.29 is 16.9 Å². The second-order valence-electron chi connectivity index (χ2n) is 11.3. The first-order chi connectivity index (χ1) is 13.9. The minimum Gasteiger partial charge on any atom is -0.437 e. The fraction of sp³-hybridized carbons (Fsp3) is 0.905. The lowest BCUT2D eigenvalue weighted by atomic mass is 10.3. The highest BCUT2D eigenvalue weighted by atomic mass is 31.2. The highest BCUT2D eigenvalue weighted by Gasteiger charge is 2.46. The minimum absolute atomic E-state index is 0.717. The molecule has 0 aromatic carbocycles. The second kappa shape index (κ2) is 13.0. The van der Waals surface area contributed by atoms with Crippen molar-refractivity contribution in [1.29, 1.82) is 0 Å². The van der Waals surface area contributed by atoms with Crippen LogP contribution in [0.5, 0.6) is 0 Å². The van der Waals surface area contributed by atoms with Crippen molar-refractivity contribution in [2.45, 2.75) is 90.7 Å². The number of unbranched alkanes of at least 4 members (excludes halogenated alkanes) is 2. The molecule has 186 valence electrons. The fourth-order valence-electron chi connectivity index (χ4n) is 3.81. The first-order valence-electron chi connectivity index (χ1n) is 11.8. The van der Waals surface area contributed by atoms with Crippen molar-refractivity contribution in [1.82, 2.24) is 4.90 Å². The zero-order valence-corrected chi connectivity index (χ0v) is 27.4. The van der Waals surface area contributed by atoms with Crippen molar-refractivity contribution in [3.63, 3.8) is 0 Å². The summed E-state index contributed by atoms with van der Waals surface area (Å²) in [5, 5.41) is 0. The summed E-state index contributed by atoms with van der Waals surface area (Å²) in [7, 11) is -6.21. The Morgan fingerprint density at radius 3 is 1.68 bits per heavy atom. The Hall–Kier alpha value is 0.678. The van der Waals surface area contributed by atoms with Gasteiger partial charge >= 0.3 is 17.1 Å². The first kappa shape index (κ1) is 31.7. The van der Waals surface area contributed by atoms with E-state index in [9.17, 15) is 4.57 Å². The molecule has 0 saturated heterocycles. The van der Waals surface area contributed by atoms with Crippen LogP contribution in [0.25, 0.3) is 0 Å². The van der Waals surface area contributed by atoms with E-state index in [0.29, 0.717) is 6.16 Å². The van der Waals surface area contributed by atoms with E-state index in [1.807, 2.05) is 6.92 Å². The maximum absolute atomic E-state index is 12.6. The molecule has 3 atom stereocenters. The Morgan fingerprint density at radius 1 is 0.806 bits per heavy atom. The molecule has 0 N–H and O–H groups in total. The van der Waals surface area contributed by atoms with Crippen molar-refractivity contribution >= 4 is 40.9 Å². The molecular formula is C21H52NO4PSi4. The quantitative estimate of drug-likeness (QED) is 0.115. The summed E-state index contributed by atoms with van der Waals surface area (Å²) >= 11 is 0. The maximum Gasteiger partial charge on any atom is 0.317 e. The lowest BCUT2D eigenvalue weighted by Gasteiger charge is -2.43. The molecule has 0 saturated carbocycles. The van der Waals surface area contributed by atoms with Gasteiger partial charge in [-0.15, -0.1) is 0 Å². The molecule has 10 heteroatoms. The number of hydrogen-bond acceptors (Lipinski definition) is 5. The summed E-state index contributed by atoms with van der Waals surface area (Å²) < 4.78 is 33.1. The normalized spacial score (nSPS) is 19.0. The second-order valence-corrected chi connectivity index (χ2v) is 31.1. The van der Waals surface area contributed by atoms with Crippen LogP contribution in [0, 0.1) is 0 Å². The Morgan fingerprint density at radius 2 is 1.29 bits per heavy atom. The molecule has 0 rings (SSSR count). The van der Waals surface area contributed by atoms with Crippen molar-refractivity contribution in [2.75, 3.05) is 33.0 Å².